The number of nitrogens with two attached hydrogens (primary N) is 1. The van der Waals surface area contributed by atoms with Crippen molar-refractivity contribution >= 4 is 23.2 Å². The fourth-order valence-corrected chi connectivity index (χ4v) is 1.14. The molecule has 4 nitrogen and oxygen atoms in total. The lowest BCUT2D eigenvalue weighted by atomic mass is 10.1. The Morgan fingerprint density at radius 2 is 2.13 bits per heavy atom. The standard InChI is InChI=1S/C9H10FN3OS/c10-7-4-2-1-3-6(7)5-8(14)12-9(15)13-11/h1-4H,5,11H2,(H2,12,13,14,15). The minimum Gasteiger partial charge on any atom is -0.302 e. The molecular weight excluding hydrogens is 217 g/mol. The lowest BCUT2D eigenvalue weighted by Gasteiger charge is -2.05. The van der Waals surface area contributed by atoms with Crippen LogP contribution in [0.25, 0.3) is 0 Å². The van der Waals surface area contributed by atoms with Gasteiger partial charge in [0.05, 0.1) is 6.42 Å². The van der Waals surface area contributed by atoms with Gasteiger partial charge in [-0.05, 0) is 23.8 Å². The molecule has 0 fully saturated rings. The first-order chi connectivity index (χ1) is 7.13. The zero-order valence-corrected chi connectivity index (χ0v) is 8.60. The van der Waals surface area contributed by atoms with Gasteiger partial charge in [0.1, 0.15) is 5.82 Å². The molecule has 0 saturated heterocycles. The number of hydrogen-bond acceptors (Lipinski definition) is 3. The molecule has 4 N–H and O–H groups in total. The second-order valence-electron chi connectivity index (χ2n) is 2.79. The van der Waals surface area contributed by atoms with Crippen LogP contribution >= 0.6 is 12.2 Å². The van der Waals surface area contributed by atoms with E-state index in [2.05, 4.69) is 23.0 Å². The summed E-state index contributed by atoms with van der Waals surface area (Å²) in [6.45, 7) is 0. The summed E-state index contributed by atoms with van der Waals surface area (Å²) in [5.74, 6) is 4.13. The Bertz CT molecular complexity index is 383. The van der Waals surface area contributed by atoms with Crippen molar-refractivity contribution in [3.63, 3.8) is 0 Å². The largest absolute Gasteiger partial charge is 0.302 e. The van der Waals surface area contributed by atoms with E-state index in [1.807, 2.05) is 0 Å². The average molecular weight is 227 g/mol. The third-order valence-electron chi connectivity index (χ3n) is 1.69. The monoisotopic (exact) mass is 227 g/mol. The van der Waals surface area contributed by atoms with Gasteiger partial charge in [0.25, 0.3) is 0 Å². The van der Waals surface area contributed by atoms with Crippen molar-refractivity contribution in [1.82, 2.24) is 10.7 Å². The number of nitrogens with one attached hydrogen (secondary N) is 2. The van der Waals surface area contributed by atoms with Crippen LogP contribution in [0, 0.1) is 5.82 Å². The van der Waals surface area contributed by atoms with E-state index in [-0.39, 0.29) is 11.5 Å². The van der Waals surface area contributed by atoms with Crippen LogP contribution in [0.4, 0.5) is 4.39 Å². The smallest absolute Gasteiger partial charge is 0.230 e. The Labute approximate surface area is 91.6 Å². The molecule has 0 unspecified atom stereocenters. The van der Waals surface area contributed by atoms with Crippen molar-refractivity contribution in [1.29, 1.82) is 0 Å². The SMILES string of the molecule is NNC(=S)NC(=O)Cc1ccccc1F. The van der Waals surface area contributed by atoms with E-state index in [0.29, 0.717) is 5.56 Å². The van der Waals surface area contributed by atoms with Crippen LogP contribution in [0.5, 0.6) is 0 Å². The minimum absolute atomic E-state index is 0.0105. The summed E-state index contributed by atoms with van der Waals surface area (Å²) in [4.78, 5) is 11.3. The molecule has 0 aliphatic rings. The van der Waals surface area contributed by atoms with Gasteiger partial charge in [0.2, 0.25) is 5.91 Å². The number of halogens is 1. The molecule has 0 aromatic heterocycles. The molecular formula is C9H10FN3OS. The van der Waals surface area contributed by atoms with E-state index in [1.165, 1.54) is 12.1 Å². The predicted molar refractivity (Wildman–Crippen MR) is 58.2 cm³/mol. The summed E-state index contributed by atoms with van der Waals surface area (Å²) >= 11 is 4.62. The van der Waals surface area contributed by atoms with Crippen molar-refractivity contribution in [3.05, 3.63) is 35.6 Å². The molecule has 1 amide bonds. The zero-order chi connectivity index (χ0) is 11.3. The molecule has 15 heavy (non-hydrogen) atoms. The number of rotatable bonds is 2. The fourth-order valence-electron chi connectivity index (χ4n) is 1.02. The summed E-state index contributed by atoms with van der Waals surface area (Å²) in [5.41, 5.74) is 2.42. The van der Waals surface area contributed by atoms with E-state index in [0.717, 1.165) is 0 Å². The van der Waals surface area contributed by atoms with Gasteiger partial charge in [-0.3, -0.25) is 4.79 Å². The molecule has 6 heteroatoms. The molecule has 0 saturated carbocycles. The molecule has 1 aromatic rings. The molecule has 0 aliphatic heterocycles. The Morgan fingerprint density at radius 3 is 2.73 bits per heavy atom. The number of hydrogen-bond donors (Lipinski definition) is 3. The van der Waals surface area contributed by atoms with Crippen LogP contribution in [-0.4, -0.2) is 11.0 Å². The van der Waals surface area contributed by atoms with Crippen molar-refractivity contribution < 1.29 is 9.18 Å². The van der Waals surface area contributed by atoms with Gasteiger partial charge in [-0.1, -0.05) is 18.2 Å². The summed E-state index contributed by atoms with van der Waals surface area (Å²) in [5, 5.41) is 2.31. The van der Waals surface area contributed by atoms with E-state index in [9.17, 15) is 9.18 Å². The van der Waals surface area contributed by atoms with Crippen LogP contribution in [0.15, 0.2) is 24.3 Å². The van der Waals surface area contributed by atoms with Crippen molar-refractivity contribution in [2.24, 2.45) is 5.84 Å². The van der Waals surface area contributed by atoms with Crippen LogP contribution < -0.4 is 16.6 Å². The van der Waals surface area contributed by atoms with Crippen molar-refractivity contribution in [3.8, 4) is 0 Å². The molecule has 0 spiro atoms. The van der Waals surface area contributed by atoms with Gasteiger partial charge in [0, 0.05) is 0 Å². The van der Waals surface area contributed by atoms with Crippen LogP contribution in [0.1, 0.15) is 5.56 Å². The van der Waals surface area contributed by atoms with Gasteiger partial charge < -0.3 is 10.7 Å². The first-order valence-corrected chi connectivity index (χ1v) is 4.58. The molecule has 0 aliphatic carbocycles. The topological polar surface area (TPSA) is 67.2 Å². The maximum absolute atomic E-state index is 13.1. The summed E-state index contributed by atoms with van der Waals surface area (Å²) in [7, 11) is 0. The maximum atomic E-state index is 13.1. The Balaban J connectivity index is 2.59. The highest BCUT2D eigenvalue weighted by molar-refractivity contribution is 7.80. The number of thiocarbonyl (C=S) groups is 1. The lowest BCUT2D eigenvalue weighted by molar-refractivity contribution is -0.119. The second-order valence-corrected chi connectivity index (χ2v) is 3.20. The molecule has 1 rings (SSSR count). The quantitative estimate of drug-likeness (QED) is 0.384. The van der Waals surface area contributed by atoms with Gasteiger partial charge in [-0.25, -0.2) is 10.2 Å². The second kappa shape index (κ2) is 5.38. The van der Waals surface area contributed by atoms with E-state index in [1.54, 1.807) is 12.1 Å². The minimum atomic E-state index is -0.417. The van der Waals surface area contributed by atoms with Crippen LogP contribution in [-0.2, 0) is 11.2 Å². The predicted octanol–water partition coefficient (Wildman–Crippen LogP) is 0.233. The highest BCUT2D eigenvalue weighted by Gasteiger charge is 2.08. The lowest BCUT2D eigenvalue weighted by Crippen LogP contribution is -2.43. The van der Waals surface area contributed by atoms with E-state index < -0.39 is 11.7 Å². The first-order valence-electron chi connectivity index (χ1n) is 4.17. The third kappa shape index (κ3) is 3.61. The Morgan fingerprint density at radius 1 is 1.47 bits per heavy atom. The third-order valence-corrected chi connectivity index (χ3v) is 1.91. The number of carbonyl (C=O) groups is 1. The van der Waals surface area contributed by atoms with Crippen molar-refractivity contribution in [2.75, 3.05) is 0 Å². The number of benzene rings is 1. The summed E-state index contributed by atoms with van der Waals surface area (Å²) in [6.07, 6.45) is -0.0749. The van der Waals surface area contributed by atoms with Gasteiger partial charge >= 0.3 is 0 Å². The molecule has 1 aromatic carbocycles. The highest BCUT2D eigenvalue weighted by atomic mass is 32.1. The summed E-state index contributed by atoms with van der Waals surface area (Å²) < 4.78 is 13.1. The van der Waals surface area contributed by atoms with E-state index >= 15 is 0 Å². The van der Waals surface area contributed by atoms with Gasteiger partial charge in [0.15, 0.2) is 5.11 Å². The fraction of sp³-hybridized carbons (Fsp3) is 0.111. The van der Waals surface area contributed by atoms with Gasteiger partial charge in [-0.15, -0.1) is 0 Å². The molecule has 0 bridgehead atoms. The number of hydrazine groups is 1. The highest BCUT2D eigenvalue weighted by Crippen LogP contribution is 2.06. The zero-order valence-electron chi connectivity index (χ0n) is 7.79. The average Bonchev–Trinajstić information content (AvgIpc) is 2.21. The summed E-state index contributed by atoms with van der Waals surface area (Å²) in [6, 6.07) is 6.05. The molecule has 0 atom stereocenters. The van der Waals surface area contributed by atoms with Gasteiger partial charge in [-0.2, -0.15) is 0 Å². The molecule has 0 radical (unpaired) electrons. The first kappa shape index (κ1) is 11.5. The number of amides is 1. The van der Waals surface area contributed by atoms with Crippen LogP contribution in [0.3, 0.4) is 0 Å². The maximum Gasteiger partial charge on any atom is 0.230 e. The van der Waals surface area contributed by atoms with Crippen LogP contribution in [0.2, 0.25) is 0 Å². The molecule has 0 heterocycles. The normalized spacial score (nSPS) is 9.47. The molecule has 80 valence electrons. The number of carbonyl (C=O) groups excluding carboxylic acids is 1. The van der Waals surface area contributed by atoms with E-state index in [4.69, 9.17) is 5.84 Å². The Kier molecular flexibility index (Phi) is 4.14. The Hall–Kier alpha value is -1.53. The van der Waals surface area contributed by atoms with Crippen molar-refractivity contribution in [2.45, 2.75) is 6.42 Å².